The molecule has 2 aliphatic heterocycles. The molecule has 0 aromatic heterocycles. The number of hydrogen-bond acceptors (Lipinski definition) is 6. The van der Waals surface area contributed by atoms with Gasteiger partial charge in [-0.3, -0.25) is 4.90 Å². The van der Waals surface area contributed by atoms with Gasteiger partial charge in [0.1, 0.15) is 5.60 Å². The molecule has 9 heteroatoms. The molecular formula is C25H36N4O5. The molecule has 34 heavy (non-hydrogen) atoms. The first kappa shape index (κ1) is 25.6. The lowest BCUT2D eigenvalue weighted by Gasteiger charge is -2.32. The first-order chi connectivity index (χ1) is 16.1. The number of aryl methyl sites for hydroxylation is 1. The van der Waals surface area contributed by atoms with Crippen LogP contribution in [0.2, 0.25) is 0 Å². The second-order valence-corrected chi connectivity index (χ2v) is 9.65. The molecule has 3 rings (SSSR count). The minimum Gasteiger partial charge on any atom is -0.463 e. The highest BCUT2D eigenvalue weighted by molar-refractivity contribution is 5.95. The molecule has 1 aromatic carbocycles. The first-order valence-electron chi connectivity index (χ1n) is 11.8. The summed E-state index contributed by atoms with van der Waals surface area (Å²) in [7, 11) is 0. The topological polar surface area (TPSA) is 100 Å². The predicted molar refractivity (Wildman–Crippen MR) is 128 cm³/mol. The third kappa shape index (κ3) is 6.72. The van der Waals surface area contributed by atoms with Crippen LogP contribution in [0.15, 0.2) is 35.5 Å². The highest BCUT2D eigenvalue weighted by Gasteiger charge is 2.34. The van der Waals surface area contributed by atoms with Crippen LogP contribution in [-0.2, 0) is 14.3 Å². The maximum Gasteiger partial charge on any atom is 0.410 e. The van der Waals surface area contributed by atoms with Gasteiger partial charge in [-0.15, -0.1) is 0 Å². The van der Waals surface area contributed by atoms with Gasteiger partial charge in [-0.25, -0.2) is 14.4 Å². The Kier molecular flexibility index (Phi) is 8.19. The van der Waals surface area contributed by atoms with E-state index in [0.717, 1.165) is 24.1 Å². The summed E-state index contributed by atoms with van der Waals surface area (Å²) in [5.41, 5.74) is 2.28. The summed E-state index contributed by atoms with van der Waals surface area (Å²) in [6.45, 7) is 12.3. The third-order valence-corrected chi connectivity index (χ3v) is 5.68. The summed E-state index contributed by atoms with van der Waals surface area (Å²) in [5.74, 6) is -0.458. The quantitative estimate of drug-likeness (QED) is 0.639. The van der Waals surface area contributed by atoms with Crippen LogP contribution in [0.25, 0.3) is 0 Å². The molecule has 0 saturated carbocycles. The first-order valence-corrected chi connectivity index (χ1v) is 11.8. The minimum atomic E-state index is -0.603. The lowest BCUT2D eigenvalue weighted by atomic mass is 9.94. The van der Waals surface area contributed by atoms with Crippen molar-refractivity contribution >= 4 is 18.1 Å². The fourth-order valence-corrected chi connectivity index (χ4v) is 4.06. The molecule has 1 fully saturated rings. The standard InChI is InChI=1S/C25H36N4O5/c1-6-33-22(30)20-19(26-23(31)27-21(20)18-10-8-17(2)9-11-18)16-28-12-7-13-29(15-14-28)24(32)34-25(3,4)5/h8-11,21H,6-7,12-16H2,1-5H3,(H2,26,27,31)/t21-/m1/s1. The van der Waals surface area contributed by atoms with E-state index < -0.39 is 17.6 Å². The van der Waals surface area contributed by atoms with Gasteiger partial charge in [-0.05, 0) is 46.6 Å². The molecule has 0 spiro atoms. The molecule has 9 nitrogen and oxygen atoms in total. The van der Waals surface area contributed by atoms with Crippen LogP contribution >= 0.6 is 0 Å². The zero-order valence-corrected chi connectivity index (χ0v) is 20.8. The lowest BCUT2D eigenvalue weighted by Crippen LogP contribution is -2.49. The number of benzene rings is 1. The van der Waals surface area contributed by atoms with Gasteiger partial charge in [0.25, 0.3) is 0 Å². The van der Waals surface area contributed by atoms with Crippen molar-refractivity contribution in [1.29, 1.82) is 0 Å². The highest BCUT2D eigenvalue weighted by atomic mass is 16.6. The van der Waals surface area contributed by atoms with E-state index in [1.165, 1.54) is 0 Å². The average molecular weight is 473 g/mol. The Morgan fingerprint density at radius 1 is 1.09 bits per heavy atom. The van der Waals surface area contributed by atoms with Crippen molar-refractivity contribution in [2.24, 2.45) is 0 Å². The van der Waals surface area contributed by atoms with E-state index in [2.05, 4.69) is 15.5 Å². The zero-order valence-electron chi connectivity index (χ0n) is 20.8. The molecule has 2 heterocycles. The number of esters is 1. The van der Waals surface area contributed by atoms with Crippen LogP contribution in [0.1, 0.15) is 51.3 Å². The van der Waals surface area contributed by atoms with E-state index >= 15 is 0 Å². The summed E-state index contributed by atoms with van der Waals surface area (Å²) in [6.07, 6.45) is 0.435. The van der Waals surface area contributed by atoms with Crippen molar-refractivity contribution in [3.63, 3.8) is 0 Å². The van der Waals surface area contributed by atoms with Crippen molar-refractivity contribution in [2.45, 2.75) is 52.7 Å². The Labute approximate surface area is 201 Å². The van der Waals surface area contributed by atoms with Crippen LogP contribution in [-0.4, -0.2) is 72.8 Å². The Balaban J connectivity index is 1.82. The SMILES string of the molecule is CCOC(=O)C1=C(CN2CCCN(C(=O)OC(C)(C)C)CC2)NC(=O)N[C@@H]1c1ccc(C)cc1. The van der Waals surface area contributed by atoms with Gasteiger partial charge in [0.05, 0.1) is 18.2 Å². The van der Waals surface area contributed by atoms with Crippen LogP contribution < -0.4 is 10.6 Å². The van der Waals surface area contributed by atoms with Crippen LogP contribution in [0.3, 0.4) is 0 Å². The summed E-state index contributed by atoms with van der Waals surface area (Å²) < 4.78 is 10.9. The summed E-state index contributed by atoms with van der Waals surface area (Å²) in [4.78, 5) is 41.9. The van der Waals surface area contributed by atoms with Gasteiger partial charge in [0.15, 0.2) is 0 Å². The molecule has 1 atom stereocenters. The van der Waals surface area contributed by atoms with E-state index in [4.69, 9.17) is 9.47 Å². The average Bonchev–Trinajstić information content (AvgIpc) is 2.98. The normalized spacial score (nSPS) is 19.7. The number of urea groups is 1. The molecule has 1 saturated heterocycles. The van der Waals surface area contributed by atoms with Crippen LogP contribution in [0, 0.1) is 6.92 Å². The smallest absolute Gasteiger partial charge is 0.410 e. The van der Waals surface area contributed by atoms with Crippen molar-refractivity contribution in [3.05, 3.63) is 46.7 Å². The van der Waals surface area contributed by atoms with Gasteiger partial charge >= 0.3 is 18.1 Å². The summed E-state index contributed by atoms with van der Waals surface area (Å²) >= 11 is 0. The maximum atomic E-state index is 13.0. The van der Waals surface area contributed by atoms with E-state index in [0.29, 0.717) is 37.4 Å². The minimum absolute atomic E-state index is 0.235. The summed E-state index contributed by atoms with van der Waals surface area (Å²) in [6, 6.07) is 6.76. The van der Waals surface area contributed by atoms with Gasteiger partial charge in [-0.2, -0.15) is 0 Å². The molecular weight excluding hydrogens is 436 g/mol. The molecule has 0 aliphatic carbocycles. The number of nitrogens with one attached hydrogen (secondary N) is 2. The molecule has 2 N–H and O–H groups in total. The predicted octanol–water partition coefficient (Wildman–Crippen LogP) is 3.11. The van der Waals surface area contributed by atoms with Crippen LogP contribution in [0.4, 0.5) is 9.59 Å². The Morgan fingerprint density at radius 2 is 1.79 bits per heavy atom. The number of carbonyl (C=O) groups is 3. The fraction of sp³-hybridized carbons (Fsp3) is 0.560. The maximum absolute atomic E-state index is 13.0. The lowest BCUT2D eigenvalue weighted by molar-refractivity contribution is -0.139. The molecule has 0 unspecified atom stereocenters. The monoisotopic (exact) mass is 472 g/mol. The number of nitrogens with zero attached hydrogens (tertiary/aromatic N) is 2. The van der Waals surface area contributed by atoms with Gasteiger partial charge in [0, 0.05) is 38.4 Å². The Bertz CT molecular complexity index is 936. The molecule has 1 aromatic rings. The van der Waals surface area contributed by atoms with Crippen molar-refractivity contribution in [2.75, 3.05) is 39.3 Å². The molecule has 2 aliphatic rings. The molecule has 3 amide bonds. The van der Waals surface area contributed by atoms with E-state index in [9.17, 15) is 14.4 Å². The van der Waals surface area contributed by atoms with Gasteiger partial charge in [0.2, 0.25) is 0 Å². The fourth-order valence-electron chi connectivity index (χ4n) is 4.06. The number of amides is 3. The van der Waals surface area contributed by atoms with Gasteiger partial charge < -0.3 is 25.0 Å². The van der Waals surface area contributed by atoms with Gasteiger partial charge in [-0.1, -0.05) is 29.8 Å². The van der Waals surface area contributed by atoms with Crippen LogP contribution in [0.5, 0.6) is 0 Å². The highest BCUT2D eigenvalue weighted by Crippen LogP contribution is 2.28. The van der Waals surface area contributed by atoms with Crippen molar-refractivity contribution in [1.82, 2.24) is 20.4 Å². The van der Waals surface area contributed by atoms with Crippen molar-refractivity contribution in [3.8, 4) is 0 Å². The Morgan fingerprint density at radius 3 is 2.44 bits per heavy atom. The van der Waals surface area contributed by atoms with E-state index in [-0.39, 0.29) is 18.7 Å². The molecule has 0 radical (unpaired) electrons. The third-order valence-electron chi connectivity index (χ3n) is 5.68. The number of ether oxygens (including phenoxy) is 2. The molecule has 0 bridgehead atoms. The van der Waals surface area contributed by atoms with Crippen molar-refractivity contribution < 1.29 is 23.9 Å². The largest absolute Gasteiger partial charge is 0.463 e. The molecule has 186 valence electrons. The number of carbonyl (C=O) groups excluding carboxylic acids is 3. The van der Waals surface area contributed by atoms with E-state index in [1.807, 2.05) is 52.0 Å². The Hall–Kier alpha value is -3.07. The van der Waals surface area contributed by atoms with E-state index in [1.54, 1.807) is 11.8 Å². The zero-order chi connectivity index (χ0) is 24.9. The number of hydrogen-bond donors (Lipinski definition) is 2. The second-order valence-electron chi connectivity index (χ2n) is 9.65. The summed E-state index contributed by atoms with van der Waals surface area (Å²) in [5, 5.41) is 5.70. The second kappa shape index (κ2) is 10.9. The number of rotatable bonds is 5.